The van der Waals surface area contributed by atoms with Gasteiger partial charge in [-0.1, -0.05) is 44.2 Å². The summed E-state index contributed by atoms with van der Waals surface area (Å²) in [7, 11) is 0. The van der Waals surface area contributed by atoms with E-state index in [1.807, 2.05) is 24.3 Å². The molecule has 3 amide bonds. The van der Waals surface area contributed by atoms with Crippen molar-refractivity contribution in [2.75, 3.05) is 0 Å². The summed E-state index contributed by atoms with van der Waals surface area (Å²) in [6.45, 7) is 3.34. The Labute approximate surface area is 253 Å². The highest BCUT2D eigenvalue weighted by Gasteiger charge is 2.32. The van der Waals surface area contributed by atoms with Gasteiger partial charge >= 0.3 is 5.97 Å². The first-order chi connectivity index (χ1) is 21.0. The second-order valence-electron chi connectivity index (χ2n) is 11.0. The van der Waals surface area contributed by atoms with Crippen molar-refractivity contribution in [1.82, 2.24) is 30.9 Å². The van der Waals surface area contributed by atoms with Gasteiger partial charge in [-0.25, -0.2) is 9.78 Å². The summed E-state index contributed by atoms with van der Waals surface area (Å²) in [6.07, 6.45) is 4.97. The van der Waals surface area contributed by atoms with Gasteiger partial charge in [0.15, 0.2) is 0 Å². The molecule has 13 heteroatoms. The fourth-order valence-electron chi connectivity index (χ4n) is 4.85. The van der Waals surface area contributed by atoms with Gasteiger partial charge in [-0.15, -0.1) is 0 Å². The Kier molecular flexibility index (Phi) is 10.3. The van der Waals surface area contributed by atoms with Gasteiger partial charge in [0.2, 0.25) is 17.7 Å². The van der Waals surface area contributed by atoms with Crippen molar-refractivity contribution in [3.8, 4) is 5.75 Å². The first-order valence-corrected chi connectivity index (χ1v) is 14.2. The number of nitrogens with two attached hydrogens (primary N) is 1. The lowest BCUT2D eigenvalue weighted by molar-refractivity contribution is -0.143. The second kappa shape index (κ2) is 14.3. The number of rotatable bonds is 14. The maximum Gasteiger partial charge on any atom is 0.326 e. The van der Waals surface area contributed by atoms with Crippen molar-refractivity contribution in [1.29, 1.82) is 0 Å². The predicted molar refractivity (Wildman–Crippen MR) is 162 cm³/mol. The van der Waals surface area contributed by atoms with E-state index < -0.39 is 53.8 Å². The number of carbonyl (C=O) groups excluding carboxylic acids is 3. The number of phenols is 1. The summed E-state index contributed by atoms with van der Waals surface area (Å²) in [5, 5.41) is 28.2. The number of nitrogens with one attached hydrogen (secondary N) is 5. The first kappa shape index (κ1) is 31.8. The van der Waals surface area contributed by atoms with Crippen molar-refractivity contribution in [2.45, 2.75) is 57.3 Å². The maximum absolute atomic E-state index is 13.8. The first-order valence-electron chi connectivity index (χ1n) is 14.2. The van der Waals surface area contributed by atoms with Crippen LogP contribution in [0.15, 0.2) is 67.3 Å². The van der Waals surface area contributed by atoms with Crippen molar-refractivity contribution in [3.05, 3.63) is 84.1 Å². The molecule has 4 aromatic rings. The van der Waals surface area contributed by atoms with Crippen LogP contribution in [0, 0.1) is 5.92 Å². The van der Waals surface area contributed by atoms with E-state index in [0.29, 0.717) is 11.3 Å². The third-order valence-electron chi connectivity index (χ3n) is 7.30. The number of fused-ring (bicyclic) bond motifs is 1. The fraction of sp³-hybridized carbons (Fsp3) is 0.323. The molecule has 0 aliphatic rings. The van der Waals surface area contributed by atoms with Crippen LogP contribution in [0.3, 0.4) is 0 Å². The Balaban J connectivity index is 1.60. The van der Waals surface area contributed by atoms with Crippen LogP contribution in [0.4, 0.5) is 0 Å². The van der Waals surface area contributed by atoms with Gasteiger partial charge < -0.3 is 41.9 Å². The Morgan fingerprint density at radius 2 is 1.52 bits per heavy atom. The standard InChI is InChI=1S/C31H37N7O6/c1-17(2)27(31(43)44)38-30(42)26(12-19-14-34-24-6-4-3-5-22(19)24)37-29(41)25(11-18-7-9-21(39)10-8-18)36-28(40)23(32)13-20-15-33-16-35-20/h3-10,14-17,23,25-27,34,39H,11-13,32H2,1-2H3,(H,33,35)(H,36,40)(H,37,41)(H,38,42)(H,43,44). The van der Waals surface area contributed by atoms with Crippen LogP contribution in [0.2, 0.25) is 0 Å². The van der Waals surface area contributed by atoms with Crippen LogP contribution in [-0.4, -0.2) is 73.0 Å². The van der Waals surface area contributed by atoms with Gasteiger partial charge in [0.1, 0.15) is 23.9 Å². The van der Waals surface area contributed by atoms with Crippen LogP contribution >= 0.6 is 0 Å². The van der Waals surface area contributed by atoms with Crippen molar-refractivity contribution >= 4 is 34.6 Å². The highest BCUT2D eigenvalue weighted by Crippen LogP contribution is 2.20. The molecule has 0 saturated heterocycles. The minimum atomic E-state index is -1.20. The third kappa shape index (κ3) is 8.22. The zero-order valence-electron chi connectivity index (χ0n) is 24.4. The molecule has 2 heterocycles. The van der Waals surface area contributed by atoms with Gasteiger partial charge in [-0.05, 0) is 35.2 Å². The number of imidazole rings is 1. The SMILES string of the molecule is CC(C)C(NC(=O)C(Cc1c[nH]c2ccccc12)NC(=O)C(Cc1ccc(O)cc1)NC(=O)C(N)Cc1cnc[nH]1)C(=O)O. The average molecular weight is 604 g/mol. The summed E-state index contributed by atoms with van der Waals surface area (Å²) < 4.78 is 0. The molecule has 13 nitrogen and oxygen atoms in total. The van der Waals surface area contributed by atoms with E-state index in [1.165, 1.54) is 18.5 Å². The molecule has 2 aromatic carbocycles. The number of para-hydroxylation sites is 1. The molecular weight excluding hydrogens is 566 g/mol. The summed E-state index contributed by atoms with van der Waals surface area (Å²) >= 11 is 0. The topological polar surface area (TPSA) is 215 Å². The minimum absolute atomic E-state index is 0.0276. The number of aromatic hydroxyl groups is 1. The molecule has 9 N–H and O–H groups in total. The normalized spacial score (nSPS) is 14.0. The molecule has 4 rings (SSSR count). The Hall–Kier alpha value is -5.17. The molecular formula is C31H37N7O6. The highest BCUT2D eigenvalue weighted by molar-refractivity contribution is 5.95. The largest absolute Gasteiger partial charge is 0.508 e. The lowest BCUT2D eigenvalue weighted by Gasteiger charge is -2.26. The van der Waals surface area contributed by atoms with Gasteiger partial charge in [-0.2, -0.15) is 0 Å². The number of nitrogens with zero attached hydrogens (tertiary/aromatic N) is 1. The van der Waals surface area contributed by atoms with E-state index in [-0.39, 0.29) is 25.0 Å². The number of benzene rings is 2. The van der Waals surface area contributed by atoms with Crippen LogP contribution < -0.4 is 21.7 Å². The highest BCUT2D eigenvalue weighted by atomic mass is 16.4. The molecule has 44 heavy (non-hydrogen) atoms. The molecule has 0 radical (unpaired) electrons. The number of carbonyl (C=O) groups is 4. The molecule has 4 atom stereocenters. The van der Waals surface area contributed by atoms with Crippen LogP contribution in [0.1, 0.15) is 30.7 Å². The molecule has 0 spiro atoms. The summed E-state index contributed by atoms with van der Waals surface area (Å²) in [4.78, 5) is 62.3. The number of phenolic OH excluding ortho intramolecular Hbond substituents is 1. The number of aromatic nitrogens is 3. The van der Waals surface area contributed by atoms with Gasteiger partial charge in [-0.3, -0.25) is 14.4 Å². The number of carboxylic acids is 1. The smallest absolute Gasteiger partial charge is 0.326 e. The molecule has 0 aliphatic carbocycles. The number of aromatic amines is 2. The summed E-state index contributed by atoms with van der Waals surface area (Å²) in [5.74, 6) is -3.53. The van der Waals surface area contributed by atoms with Crippen LogP contribution in [0.25, 0.3) is 10.9 Å². The lowest BCUT2D eigenvalue weighted by Crippen LogP contribution is -2.58. The van der Waals surface area contributed by atoms with Crippen molar-refractivity contribution < 1.29 is 29.4 Å². The Morgan fingerprint density at radius 3 is 2.18 bits per heavy atom. The quantitative estimate of drug-likeness (QED) is 0.104. The Bertz CT molecular complexity index is 1580. The maximum atomic E-state index is 13.8. The lowest BCUT2D eigenvalue weighted by atomic mass is 10.00. The summed E-state index contributed by atoms with van der Waals surface area (Å²) in [6, 6.07) is 9.09. The molecule has 232 valence electrons. The second-order valence-corrected chi connectivity index (χ2v) is 11.0. The van der Waals surface area contributed by atoms with E-state index in [4.69, 9.17) is 5.73 Å². The van der Waals surface area contributed by atoms with Gasteiger partial charge in [0.05, 0.1) is 12.4 Å². The number of hydrogen-bond donors (Lipinski definition) is 8. The number of amides is 3. The number of carboxylic acid groups (broad SMARTS) is 1. The van der Waals surface area contributed by atoms with Crippen LogP contribution in [0.5, 0.6) is 5.75 Å². The number of hydrogen-bond acceptors (Lipinski definition) is 7. The van der Waals surface area contributed by atoms with Crippen molar-refractivity contribution in [3.63, 3.8) is 0 Å². The van der Waals surface area contributed by atoms with Gasteiger partial charge in [0.25, 0.3) is 0 Å². The predicted octanol–water partition coefficient (Wildman–Crippen LogP) is 1.15. The van der Waals surface area contributed by atoms with E-state index in [2.05, 4.69) is 30.9 Å². The third-order valence-corrected chi connectivity index (χ3v) is 7.30. The Morgan fingerprint density at radius 1 is 0.864 bits per heavy atom. The van der Waals surface area contributed by atoms with Crippen LogP contribution in [-0.2, 0) is 38.4 Å². The van der Waals surface area contributed by atoms with Crippen molar-refractivity contribution in [2.24, 2.45) is 11.7 Å². The molecule has 0 saturated carbocycles. The monoisotopic (exact) mass is 603 g/mol. The summed E-state index contributed by atoms with van der Waals surface area (Å²) in [5.41, 5.74) is 8.97. The van der Waals surface area contributed by atoms with E-state index >= 15 is 0 Å². The number of aliphatic carboxylic acids is 1. The van der Waals surface area contributed by atoms with Gasteiger partial charge in [0, 0.05) is 48.3 Å². The molecule has 0 bridgehead atoms. The molecule has 2 aromatic heterocycles. The zero-order chi connectivity index (χ0) is 31.8. The van der Waals surface area contributed by atoms with E-state index in [0.717, 1.165) is 16.5 Å². The zero-order valence-corrected chi connectivity index (χ0v) is 24.4. The molecule has 0 aliphatic heterocycles. The number of H-pyrrole nitrogens is 2. The van der Waals surface area contributed by atoms with E-state index in [9.17, 15) is 29.4 Å². The fourth-order valence-corrected chi connectivity index (χ4v) is 4.85. The molecule has 4 unspecified atom stereocenters. The average Bonchev–Trinajstić information content (AvgIpc) is 3.65. The minimum Gasteiger partial charge on any atom is -0.508 e. The molecule has 0 fully saturated rings. The van der Waals surface area contributed by atoms with E-state index in [1.54, 1.807) is 38.4 Å².